The zero-order valence-electron chi connectivity index (χ0n) is 10.0. The molecule has 0 radical (unpaired) electrons. The number of hydrogen-bond donors (Lipinski definition) is 0. The van der Waals surface area contributed by atoms with Crippen LogP contribution in [-0.2, 0) is 21.1 Å². The van der Waals surface area contributed by atoms with Crippen LogP contribution in [0.2, 0.25) is 0 Å². The van der Waals surface area contributed by atoms with Crippen LogP contribution in [0.5, 0.6) is 0 Å². The second-order valence-corrected chi connectivity index (χ2v) is 5.91. The van der Waals surface area contributed by atoms with Gasteiger partial charge in [0.2, 0.25) is 0 Å². The van der Waals surface area contributed by atoms with Crippen molar-refractivity contribution in [3.05, 3.63) is 41.4 Å². The summed E-state index contributed by atoms with van der Waals surface area (Å²) in [5.41, 5.74) is 9.58. The minimum atomic E-state index is -3.76. The van der Waals surface area contributed by atoms with Crippen LogP contribution in [0.4, 0.5) is 0 Å². The Bertz CT molecular complexity index is 573. The molecule has 1 aromatic carbocycles. The molecule has 0 unspecified atom stereocenters. The van der Waals surface area contributed by atoms with E-state index in [1.54, 1.807) is 0 Å². The van der Waals surface area contributed by atoms with E-state index in [9.17, 15) is 13.2 Å². The van der Waals surface area contributed by atoms with Gasteiger partial charge in [0.1, 0.15) is 0 Å². The van der Waals surface area contributed by atoms with Gasteiger partial charge in [-0.15, -0.1) is 4.79 Å². The summed E-state index contributed by atoms with van der Waals surface area (Å²) in [6, 6.07) is 9.22. The first kappa shape index (κ1) is 14.3. The summed E-state index contributed by atoms with van der Waals surface area (Å²) >= 11 is 0. The van der Waals surface area contributed by atoms with Gasteiger partial charge in [-0.25, -0.2) is 8.42 Å². The Morgan fingerprint density at radius 1 is 1.28 bits per heavy atom. The van der Waals surface area contributed by atoms with E-state index in [-0.39, 0.29) is 12.2 Å². The molecule has 0 amide bonds. The van der Waals surface area contributed by atoms with E-state index in [0.717, 1.165) is 5.56 Å². The molecule has 96 valence electrons. The van der Waals surface area contributed by atoms with E-state index in [2.05, 4.69) is 4.79 Å². The molecular formula is C12H14N2O3S. The van der Waals surface area contributed by atoms with Crippen molar-refractivity contribution in [3.63, 3.8) is 0 Å². The molecule has 1 aromatic rings. The normalized spacial score (nSPS) is 10.7. The lowest BCUT2D eigenvalue weighted by molar-refractivity contribution is -0.116. The standard InChI is InChI=1S/C12H14N2O3S/c1-2-18(16,17)12(14-13)11(15)9-8-10-6-4-3-5-7-10/h3-7H,2,8-9H2,1H3. The van der Waals surface area contributed by atoms with Gasteiger partial charge in [0.25, 0.3) is 15.6 Å². The lowest BCUT2D eigenvalue weighted by atomic mass is 10.1. The third-order valence-electron chi connectivity index (χ3n) is 2.49. The Balaban J connectivity index is 2.75. The molecule has 1 rings (SSSR count). The van der Waals surface area contributed by atoms with Gasteiger partial charge in [0, 0.05) is 6.42 Å². The highest BCUT2D eigenvalue weighted by Crippen LogP contribution is 2.05. The molecule has 0 aliphatic heterocycles. The fourth-order valence-electron chi connectivity index (χ4n) is 1.44. The monoisotopic (exact) mass is 266 g/mol. The Kier molecular flexibility index (Phi) is 4.95. The summed E-state index contributed by atoms with van der Waals surface area (Å²) in [6.45, 7) is 1.39. The van der Waals surface area contributed by atoms with E-state index >= 15 is 0 Å². The van der Waals surface area contributed by atoms with Crippen molar-refractivity contribution in [1.82, 2.24) is 0 Å². The zero-order chi connectivity index (χ0) is 13.6. The molecule has 0 saturated heterocycles. The molecule has 5 nitrogen and oxygen atoms in total. The first-order valence-electron chi connectivity index (χ1n) is 5.53. The summed E-state index contributed by atoms with van der Waals surface area (Å²) in [6.07, 6.45) is 0.417. The molecule has 0 aliphatic carbocycles. The van der Waals surface area contributed by atoms with Crippen LogP contribution in [0, 0.1) is 0 Å². The SMILES string of the molecule is CCS(=O)(=O)C(=[N+]=[N-])C(=O)CCc1ccccc1. The molecule has 0 atom stereocenters. The minimum absolute atomic E-state index is 0.00262. The number of rotatable bonds is 5. The molecule has 0 fully saturated rings. The highest BCUT2D eigenvalue weighted by Gasteiger charge is 2.33. The van der Waals surface area contributed by atoms with Crippen LogP contribution < -0.4 is 0 Å². The molecule has 0 N–H and O–H groups in total. The Labute approximate surface area is 106 Å². The fraction of sp³-hybridized carbons (Fsp3) is 0.333. The molecule has 0 spiro atoms. The number of aryl methyl sites for hydroxylation is 1. The van der Waals surface area contributed by atoms with Crippen molar-refractivity contribution in [2.24, 2.45) is 0 Å². The minimum Gasteiger partial charge on any atom is -0.360 e. The van der Waals surface area contributed by atoms with Crippen molar-refractivity contribution in [1.29, 1.82) is 0 Å². The summed E-state index contributed by atoms with van der Waals surface area (Å²) in [7, 11) is -3.76. The number of nitrogens with zero attached hydrogens (tertiary/aromatic N) is 2. The molecule has 6 heteroatoms. The molecule has 18 heavy (non-hydrogen) atoms. The van der Waals surface area contributed by atoms with Crippen molar-refractivity contribution in [2.45, 2.75) is 19.8 Å². The summed E-state index contributed by atoms with van der Waals surface area (Å²) in [5.74, 6) is -0.924. The second kappa shape index (κ2) is 6.23. The Hall–Kier alpha value is -1.78. The quantitative estimate of drug-likeness (QED) is 0.348. The molecule has 0 saturated carbocycles. The Morgan fingerprint density at radius 2 is 1.89 bits per heavy atom. The smallest absolute Gasteiger partial charge is 0.360 e. The average Bonchev–Trinajstić information content (AvgIpc) is 2.38. The predicted octanol–water partition coefficient (Wildman–Crippen LogP) is 1.25. The van der Waals surface area contributed by atoms with Crippen molar-refractivity contribution in [2.75, 3.05) is 5.75 Å². The molecule has 0 bridgehead atoms. The summed E-state index contributed by atoms with van der Waals surface area (Å²) < 4.78 is 22.9. The summed E-state index contributed by atoms with van der Waals surface area (Å²) in [5, 5.41) is -0.749. The van der Waals surface area contributed by atoms with E-state index in [4.69, 9.17) is 5.53 Å². The number of carbonyl (C=O) groups excluding carboxylic acids is 1. The average molecular weight is 266 g/mol. The first-order chi connectivity index (χ1) is 8.51. The largest absolute Gasteiger partial charge is 0.447 e. The van der Waals surface area contributed by atoms with Crippen LogP contribution in [0.15, 0.2) is 30.3 Å². The maximum atomic E-state index is 11.7. The van der Waals surface area contributed by atoms with E-state index < -0.39 is 20.7 Å². The van der Waals surface area contributed by atoms with Gasteiger partial charge >= 0.3 is 5.04 Å². The molecule has 0 heterocycles. The van der Waals surface area contributed by atoms with Gasteiger partial charge < -0.3 is 5.53 Å². The number of carbonyl (C=O) groups is 1. The van der Waals surface area contributed by atoms with Crippen LogP contribution in [0.25, 0.3) is 5.53 Å². The third-order valence-corrected chi connectivity index (χ3v) is 4.15. The van der Waals surface area contributed by atoms with Crippen LogP contribution in [0.3, 0.4) is 0 Å². The maximum absolute atomic E-state index is 11.7. The maximum Gasteiger partial charge on any atom is 0.447 e. The fourth-order valence-corrected chi connectivity index (χ4v) is 2.28. The van der Waals surface area contributed by atoms with Crippen LogP contribution >= 0.6 is 0 Å². The number of ketones is 1. The number of sulfone groups is 1. The van der Waals surface area contributed by atoms with Crippen molar-refractivity contribution < 1.29 is 18.0 Å². The first-order valence-corrected chi connectivity index (χ1v) is 7.18. The zero-order valence-corrected chi connectivity index (χ0v) is 10.9. The lowest BCUT2D eigenvalue weighted by Crippen LogP contribution is -2.27. The Morgan fingerprint density at radius 3 is 2.39 bits per heavy atom. The van der Waals surface area contributed by atoms with E-state index in [1.807, 2.05) is 30.3 Å². The highest BCUT2D eigenvalue weighted by atomic mass is 32.2. The third kappa shape index (κ3) is 3.61. The van der Waals surface area contributed by atoms with Gasteiger partial charge in [-0.3, -0.25) is 4.79 Å². The van der Waals surface area contributed by atoms with E-state index in [1.165, 1.54) is 6.92 Å². The number of hydrogen-bond acceptors (Lipinski definition) is 3. The van der Waals surface area contributed by atoms with Gasteiger partial charge in [0.15, 0.2) is 0 Å². The van der Waals surface area contributed by atoms with Crippen molar-refractivity contribution in [3.8, 4) is 0 Å². The molecular weight excluding hydrogens is 252 g/mol. The van der Waals surface area contributed by atoms with Crippen molar-refractivity contribution >= 4 is 20.7 Å². The van der Waals surface area contributed by atoms with Gasteiger partial charge in [0.05, 0.1) is 5.75 Å². The number of benzene rings is 1. The van der Waals surface area contributed by atoms with E-state index in [0.29, 0.717) is 6.42 Å². The summed E-state index contributed by atoms with van der Waals surface area (Å²) in [4.78, 5) is 14.3. The van der Waals surface area contributed by atoms with Gasteiger partial charge in [-0.1, -0.05) is 37.3 Å². The lowest BCUT2D eigenvalue weighted by Gasteiger charge is -1.98. The highest BCUT2D eigenvalue weighted by molar-refractivity contribution is 8.08. The number of Topliss-reactive ketones (excluding diaryl/α,β-unsaturated/α-hetero) is 1. The molecule has 0 aliphatic rings. The topological polar surface area (TPSA) is 87.6 Å². The van der Waals surface area contributed by atoms with Gasteiger partial charge in [-0.05, 0) is 12.0 Å². The van der Waals surface area contributed by atoms with Crippen LogP contribution in [-0.4, -0.2) is 29.8 Å². The second-order valence-electron chi connectivity index (χ2n) is 3.72. The predicted molar refractivity (Wildman–Crippen MR) is 67.9 cm³/mol. The van der Waals surface area contributed by atoms with Gasteiger partial charge in [-0.2, -0.15) is 0 Å². The molecule has 0 aromatic heterocycles. The van der Waals surface area contributed by atoms with Crippen LogP contribution in [0.1, 0.15) is 18.9 Å².